The van der Waals surface area contributed by atoms with Crippen LogP contribution in [-0.4, -0.2) is 28.2 Å². The maximum absolute atomic E-state index is 13.7. The van der Waals surface area contributed by atoms with Gasteiger partial charge in [-0.15, -0.1) is 0 Å². The zero-order valence-corrected chi connectivity index (χ0v) is 12.5. The molecule has 1 aromatic heterocycles. The van der Waals surface area contributed by atoms with Crippen LogP contribution in [0.5, 0.6) is 5.75 Å². The molecule has 2 aromatic carbocycles. The number of aromatic nitrogens is 2. The molecule has 4 rings (SSSR count). The average Bonchev–Trinajstić information content (AvgIpc) is 3.09. The number of anilines is 1. The van der Waals surface area contributed by atoms with E-state index < -0.39 is 0 Å². The third-order valence-electron chi connectivity index (χ3n) is 4.19. The first-order valence-corrected chi connectivity index (χ1v) is 7.73. The molecule has 2 heterocycles. The number of benzene rings is 2. The number of halogens is 1. The summed E-state index contributed by atoms with van der Waals surface area (Å²) in [5.41, 5.74) is 1.26. The van der Waals surface area contributed by atoms with E-state index in [1.807, 2.05) is 6.07 Å². The minimum Gasteiger partial charge on any atom is -0.507 e. The Labute approximate surface area is 133 Å². The molecule has 1 aliphatic rings. The van der Waals surface area contributed by atoms with Crippen LogP contribution >= 0.6 is 0 Å². The maximum atomic E-state index is 13.7. The second kappa shape index (κ2) is 5.50. The van der Waals surface area contributed by atoms with E-state index in [0.29, 0.717) is 22.3 Å². The van der Waals surface area contributed by atoms with E-state index in [9.17, 15) is 9.50 Å². The van der Waals surface area contributed by atoms with Gasteiger partial charge in [0.2, 0.25) is 0 Å². The number of nitrogens with zero attached hydrogens (tertiary/aromatic N) is 3. The number of phenolic OH excluding ortho intramolecular Hbond substituents is 1. The van der Waals surface area contributed by atoms with Crippen molar-refractivity contribution < 1.29 is 9.50 Å². The number of para-hydroxylation sites is 1. The summed E-state index contributed by atoms with van der Waals surface area (Å²) in [5.74, 6) is 1.05. The molecular formula is C18H16FN3O. The standard InChI is InChI=1S/C18H16FN3O/c19-12-7-8-15-14(11-12)18(22-9-3-4-10-22)21-17(20-15)13-5-1-2-6-16(13)23/h1-2,5-8,11,23H,3-4,9-10H2. The predicted molar refractivity (Wildman–Crippen MR) is 88.0 cm³/mol. The lowest BCUT2D eigenvalue weighted by atomic mass is 10.1. The molecule has 0 aliphatic carbocycles. The fraction of sp³-hybridized carbons (Fsp3) is 0.222. The minimum atomic E-state index is -0.295. The molecule has 1 fully saturated rings. The van der Waals surface area contributed by atoms with Gasteiger partial charge in [0.05, 0.1) is 11.1 Å². The Bertz CT molecular complexity index is 875. The predicted octanol–water partition coefficient (Wildman–Crippen LogP) is 3.74. The molecule has 1 saturated heterocycles. The van der Waals surface area contributed by atoms with Crippen molar-refractivity contribution in [3.8, 4) is 17.1 Å². The quantitative estimate of drug-likeness (QED) is 0.783. The van der Waals surface area contributed by atoms with Gasteiger partial charge in [0.15, 0.2) is 5.82 Å². The summed E-state index contributed by atoms with van der Waals surface area (Å²) >= 11 is 0. The molecule has 0 bridgehead atoms. The molecule has 0 radical (unpaired) electrons. The van der Waals surface area contributed by atoms with Crippen LogP contribution in [0.3, 0.4) is 0 Å². The molecule has 0 unspecified atom stereocenters. The number of aromatic hydroxyl groups is 1. The zero-order chi connectivity index (χ0) is 15.8. The largest absolute Gasteiger partial charge is 0.507 e. The molecule has 0 atom stereocenters. The maximum Gasteiger partial charge on any atom is 0.165 e. The summed E-state index contributed by atoms with van der Waals surface area (Å²) in [6.07, 6.45) is 2.21. The summed E-state index contributed by atoms with van der Waals surface area (Å²) in [6, 6.07) is 11.5. The lowest BCUT2D eigenvalue weighted by Gasteiger charge is -2.19. The van der Waals surface area contributed by atoms with Gasteiger partial charge in [0, 0.05) is 18.5 Å². The first-order chi connectivity index (χ1) is 11.2. The highest BCUT2D eigenvalue weighted by molar-refractivity contribution is 5.91. The van der Waals surface area contributed by atoms with Crippen LogP contribution in [-0.2, 0) is 0 Å². The van der Waals surface area contributed by atoms with Crippen molar-refractivity contribution in [3.63, 3.8) is 0 Å². The van der Waals surface area contributed by atoms with Crippen LogP contribution in [0.15, 0.2) is 42.5 Å². The Morgan fingerprint density at radius 3 is 2.57 bits per heavy atom. The number of hydrogen-bond donors (Lipinski definition) is 1. The van der Waals surface area contributed by atoms with E-state index >= 15 is 0 Å². The van der Waals surface area contributed by atoms with Crippen molar-refractivity contribution >= 4 is 16.7 Å². The van der Waals surface area contributed by atoms with Gasteiger partial charge < -0.3 is 10.0 Å². The third kappa shape index (κ3) is 2.48. The Balaban J connectivity index is 1.96. The van der Waals surface area contributed by atoms with Gasteiger partial charge in [-0.05, 0) is 43.2 Å². The highest BCUT2D eigenvalue weighted by atomic mass is 19.1. The van der Waals surface area contributed by atoms with E-state index in [1.54, 1.807) is 24.3 Å². The highest BCUT2D eigenvalue weighted by Gasteiger charge is 2.19. The summed E-state index contributed by atoms with van der Waals surface area (Å²) in [7, 11) is 0. The molecule has 3 aromatic rings. The van der Waals surface area contributed by atoms with Gasteiger partial charge in [0.25, 0.3) is 0 Å². The second-order valence-corrected chi connectivity index (χ2v) is 5.74. The van der Waals surface area contributed by atoms with Crippen LogP contribution in [0, 0.1) is 5.82 Å². The van der Waals surface area contributed by atoms with Crippen LogP contribution in [0.2, 0.25) is 0 Å². The summed E-state index contributed by atoms with van der Waals surface area (Å²) in [5, 5.41) is 10.8. The topological polar surface area (TPSA) is 49.3 Å². The molecule has 23 heavy (non-hydrogen) atoms. The number of rotatable bonds is 2. The number of hydrogen-bond acceptors (Lipinski definition) is 4. The SMILES string of the molecule is Oc1ccccc1-c1nc(N2CCCC2)c2cc(F)ccc2n1. The van der Waals surface area contributed by atoms with Gasteiger partial charge in [-0.2, -0.15) is 0 Å². The molecule has 0 amide bonds. The van der Waals surface area contributed by atoms with Crippen molar-refractivity contribution in [3.05, 3.63) is 48.3 Å². The van der Waals surface area contributed by atoms with Crippen LogP contribution in [0.1, 0.15) is 12.8 Å². The normalized spacial score (nSPS) is 14.6. The summed E-state index contributed by atoms with van der Waals surface area (Å²) < 4.78 is 13.7. The van der Waals surface area contributed by atoms with Crippen molar-refractivity contribution in [2.75, 3.05) is 18.0 Å². The van der Waals surface area contributed by atoms with E-state index in [4.69, 9.17) is 0 Å². The molecule has 116 valence electrons. The monoisotopic (exact) mass is 309 g/mol. The molecule has 4 nitrogen and oxygen atoms in total. The molecular weight excluding hydrogens is 293 g/mol. The second-order valence-electron chi connectivity index (χ2n) is 5.74. The van der Waals surface area contributed by atoms with E-state index in [1.165, 1.54) is 12.1 Å². The van der Waals surface area contributed by atoms with Crippen molar-refractivity contribution in [1.82, 2.24) is 9.97 Å². The van der Waals surface area contributed by atoms with Crippen molar-refractivity contribution in [2.45, 2.75) is 12.8 Å². The third-order valence-corrected chi connectivity index (χ3v) is 4.19. The number of phenols is 1. The lowest BCUT2D eigenvalue weighted by Crippen LogP contribution is -2.20. The van der Waals surface area contributed by atoms with Crippen LogP contribution in [0.25, 0.3) is 22.3 Å². The fourth-order valence-corrected chi connectivity index (χ4v) is 3.04. The first kappa shape index (κ1) is 13.9. The first-order valence-electron chi connectivity index (χ1n) is 7.73. The molecule has 0 saturated carbocycles. The minimum absolute atomic E-state index is 0.140. The Morgan fingerprint density at radius 2 is 1.78 bits per heavy atom. The highest BCUT2D eigenvalue weighted by Crippen LogP contribution is 2.32. The van der Waals surface area contributed by atoms with Gasteiger partial charge >= 0.3 is 0 Å². The van der Waals surface area contributed by atoms with Gasteiger partial charge in [-0.3, -0.25) is 0 Å². The Morgan fingerprint density at radius 1 is 1.00 bits per heavy atom. The van der Waals surface area contributed by atoms with Crippen LogP contribution < -0.4 is 4.90 Å². The lowest BCUT2D eigenvalue weighted by molar-refractivity contribution is 0.477. The average molecular weight is 309 g/mol. The molecule has 5 heteroatoms. The zero-order valence-electron chi connectivity index (χ0n) is 12.5. The molecule has 1 aliphatic heterocycles. The summed E-state index contributed by atoms with van der Waals surface area (Å²) in [6.45, 7) is 1.81. The van der Waals surface area contributed by atoms with Crippen molar-refractivity contribution in [2.24, 2.45) is 0 Å². The van der Waals surface area contributed by atoms with E-state index in [2.05, 4.69) is 14.9 Å². The van der Waals surface area contributed by atoms with Gasteiger partial charge in [-0.25, -0.2) is 14.4 Å². The molecule has 1 N–H and O–H groups in total. The van der Waals surface area contributed by atoms with Gasteiger partial charge in [-0.1, -0.05) is 12.1 Å². The van der Waals surface area contributed by atoms with Crippen molar-refractivity contribution in [1.29, 1.82) is 0 Å². The Hall–Kier alpha value is -2.69. The number of fused-ring (bicyclic) bond motifs is 1. The van der Waals surface area contributed by atoms with Crippen LogP contribution in [0.4, 0.5) is 10.2 Å². The Kier molecular flexibility index (Phi) is 3.33. The van der Waals surface area contributed by atoms with E-state index in [0.717, 1.165) is 31.7 Å². The summed E-state index contributed by atoms with van der Waals surface area (Å²) in [4.78, 5) is 11.3. The van der Waals surface area contributed by atoms with E-state index in [-0.39, 0.29) is 11.6 Å². The van der Waals surface area contributed by atoms with Gasteiger partial charge in [0.1, 0.15) is 17.4 Å². The fourth-order valence-electron chi connectivity index (χ4n) is 3.04. The smallest absolute Gasteiger partial charge is 0.165 e. The molecule has 0 spiro atoms.